The monoisotopic (exact) mass is 352 g/mol. The molecule has 1 saturated heterocycles. The van der Waals surface area contributed by atoms with Gasteiger partial charge in [0.05, 0.1) is 5.39 Å². The Morgan fingerprint density at radius 1 is 1.19 bits per heavy atom. The number of piperidine rings is 1. The zero-order chi connectivity index (χ0) is 18.6. The fourth-order valence-electron chi connectivity index (χ4n) is 4.23. The Labute approximate surface area is 152 Å². The summed E-state index contributed by atoms with van der Waals surface area (Å²) in [6, 6.07) is 5.47. The highest BCUT2D eigenvalue weighted by molar-refractivity contribution is 5.98. The van der Waals surface area contributed by atoms with Crippen LogP contribution in [0.25, 0.3) is 16.7 Å². The van der Waals surface area contributed by atoms with Gasteiger partial charge in [0.2, 0.25) is 0 Å². The molecule has 0 unspecified atom stereocenters. The first-order valence-electron chi connectivity index (χ1n) is 9.13. The molecule has 0 radical (unpaired) electrons. The smallest absolute Gasteiger partial charge is 0.270 e. The van der Waals surface area contributed by atoms with Crippen LogP contribution in [0.3, 0.4) is 0 Å². The van der Waals surface area contributed by atoms with Crippen molar-refractivity contribution >= 4 is 22.6 Å². The van der Waals surface area contributed by atoms with Crippen molar-refractivity contribution in [1.29, 1.82) is 0 Å². The van der Waals surface area contributed by atoms with Crippen molar-refractivity contribution in [2.24, 2.45) is 18.9 Å². The largest absolute Gasteiger partial charge is 0.337 e. The first-order chi connectivity index (χ1) is 12.4. The van der Waals surface area contributed by atoms with Crippen LogP contribution >= 0.6 is 0 Å². The van der Waals surface area contributed by atoms with Crippen molar-refractivity contribution in [3.8, 4) is 0 Å². The molecule has 1 aliphatic heterocycles. The summed E-state index contributed by atoms with van der Waals surface area (Å²) < 4.78 is 3.31. The molecule has 1 amide bonds. The van der Waals surface area contributed by atoms with Crippen LogP contribution in [-0.2, 0) is 7.05 Å². The van der Waals surface area contributed by atoms with Gasteiger partial charge in [0.1, 0.15) is 17.0 Å². The molecule has 0 bridgehead atoms. The molecule has 4 rings (SSSR count). The van der Waals surface area contributed by atoms with Gasteiger partial charge in [-0.15, -0.1) is 0 Å². The molecule has 0 aliphatic carbocycles. The van der Waals surface area contributed by atoms with Crippen molar-refractivity contribution in [1.82, 2.24) is 18.9 Å². The number of hydrogen-bond acceptors (Lipinski definition) is 3. The molecule has 3 aromatic heterocycles. The second kappa shape index (κ2) is 5.97. The molecule has 0 saturated carbocycles. The second-order valence-corrected chi connectivity index (χ2v) is 7.78. The fraction of sp³-hybridized carbons (Fsp3) is 0.450. The molecular formula is C20H24N4O2. The molecule has 6 heteroatoms. The number of fused-ring (bicyclic) bond motifs is 2. The molecule has 0 N–H and O–H groups in total. The van der Waals surface area contributed by atoms with E-state index in [0.29, 0.717) is 34.2 Å². The van der Waals surface area contributed by atoms with E-state index in [9.17, 15) is 9.59 Å². The molecule has 4 heterocycles. The SMILES string of the molecule is Cc1cccn2c(=O)c3cc(C(=O)N4C[C@H](C)C[C@H](C)C4)n(C)c3nc12. The lowest BCUT2D eigenvalue weighted by atomic mass is 9.92. The number of rotatable bonds is 1. The van der Waals surface area contributed by atoms with Crippen LogP contribution < -0.4 is 5.56 Å². The van der Waals surface area contributed by atoms with Crippen LogP contribution in [0, 0.1) is 18.8 Å². The van der Waals surface area contributed by atoms with E-state index in [1.807, 2.05) is 31.0 Å². The highest BCUT2D eigenvalue weighted by Gasteiger charge is 2.28. The van der Waals surface area contributed by atoms with Crippen LogP contribution in [0.2, 0.25) is 0 Å². The van der Waals surface area contributed by atoms with E-state index in [-0.39, 0.29) is 11.5 Å². The number of hydrogen-bond donors (Lipinski definition) is 0. The van der Waals surface area contributed by atoms with Gasteiger partial charge >= 0.3 is 0 Å². The maximum absolute atomic E-state index is 13.1. The fourth-order valence-corrected chi connectivity index (χ4v) is 4.23. The first kappa shape index (κ1) is 16.8. The number of likely N-dealkylation sites (tertiary alicyclic amines) is 1. The average Bonchev–Trinajstić information content (AvgIpc) is 2.92. The highest BCUT2D eigenvalue weighted by atomic mass is 16.2. The molecule has 1 aliphatic rings. The summed E-state index contributed by atoms with van der Waals surface area (Å²) in [5, 5.41) is 0.483. The minimum absolute atomic E-state index is 0.0194. The molecule has 26 heavy (non-hydrogen) atoms. The van der Waals surface area contributed by atoms with Gasteiger partial charge in [-0.3, -0.25) is 14.0 Å². The lowest BCUT2D eigenvalue weighted by molar-refractivity contribution is 0.0614. The van der Waals surface area contributed by atoms with Gasteiger partial charge in [-0.25, -0.2) is 4.98 Å². The Hall–Kier alpha value is -2.63. The summed E-state index contributed by atoms with van der Waals surface area (Å²) >= 11 is 0. The summed E-state index contributed by atoms with van der Waals surface area (Å²) in [5.74, 6) is 0.965. The summed E-state index contributed by atoms with van der Waals surface area (Å²) in [6.45, 7) is 7.82. The van der Waals surface area contributed by atoms with E-state index in [0.717, 1.165) is 25.1 Å². The predicted octanol–water partition coefficient (Wildman–Crippen LogP) is 2.61. The van der Waals surface area contributed by atoms with Crippen molar-refractivity contribution < 1.29 is 4.79 Å². The minimum atomic E-state index is -0.135. The van der Waals surface area contributed by atoms with Crippen molar-refractivity contribution in [3.63, 3.8) is 0 Å². The summed E-state index contributed by atoms with van der Waals surface area (Å²) in [5.41, 5.74) is 2.51. The highest BCUT2D eigenvalue weighted by Crippen LogP contribution is 2.24. The number of amides is 1. The molecule has 0 spiro atoms. The van der Waals surface area contributed by atoms with Crippen molar-refractivity contribution in [2.45, 2.75) is 27.2 Å². The van der Waals surface area contributed by atoms with E-state index in [1.165, 1.54) is 0 Å². The summed E-state index contributed by atoms with van der Waals surface area (Å²) in [7, 11) is 1.81. The third kappa shape index (κ3) is 2.52. The number of carbonyl (C=O) groups is 1. The third-order valence-corrected chi connectivity index (χ3v) is 5.40. The van der Waals surface area contributed by atoms with Crippen LogP contribution in [-0.4, -0.2) is 37.8 Å². The average molecular weight is 352 g/mol. The molecule has 136 valence electrons. The van der Waals surface area contributed by atoms with Gasteiger partial charge in [-0.1, -0.05) is 19.9 Å². The Morgan fingerprint density at radius 2 is 1.88 bits per heavy atom. The number of aryl methyl sites for hydroxylation is 2. The van der Waals surface area contributed by atoms with E-state index in [2.05, 4.69) is 18.8 Å². The van der Waals surface area contributed by atoms with Crippen LogP contribution in [0.5, 0.6) is 0 Å². The van der Waals surface area contributed by atoms with Gasteiger partial charge in [0, 0.05) is 26.3 Å². The molecule has 1 fully saturated rings. The minimum Gasteiger partial charge on any atom is -0.337 e. The topological polar surface area (TPSA) is 59.6 Å². The van der Waals surface area contributed by atoms with Crippen molar-refractivity contribution in [2.75, 3.05) is 13.1 Å². The van der Waals surface area contributed by atoms with E-state index in [4.69, 9.17) is 0 Å². The van der Waals surface area contributed by atoms with Gasteiger partial charge in [-0.2, -0.15) is 0 Å². The van der Waals surface area contributed by atoms with Gasteiger partial charge in [-0.05, 0) is 42.9 Å². The van der Waals surface area contributed by atoms with Crippen molar-refractivity contribution in [3.05, 3.63) is 46.0 Å². The zero-order valence-electron chi connectivity index (χ0n) is 15.7. The molecule has 6 nitrogen and oxygen atoms in total. The Bertz CT molecular complexity index is 1070. The van der Waals surface area contributed by atoms with Crippen LogP contribution in [0.1, 0.15) is 36.3 Å². The van der Waals surface area contributed by atoms with Crippen LogP contribution in [0.4, 0.5) is 0 Å². The Kier molecular flexibility index (Phi) is 3.86. The number of aromatic nitrogens is 3. The van der Waals surface area contributed by atoms with Crippen LogP contribution in [0.15, 0.2) is 29.2 Å². The third-order valence-electron chi connectivity index (χ3n) is 5.40. The summed E-state index contributed by atoms with van der Waals surface area (Å²) in [4.78, 5) is 32.6. The Balaban J connectivity index is 1.87. The predicted molar refractivity (Wildman–Crippen MR) is 102 cm³/mol. The van der Waals surface area contributed by atoms with Gasteiger partial charge in [0.25, 0.3) is 11.5 Å². The van der Waals surface area contributed by atoms with E-state index < -0.39 is 0 Å². The number of carbonyl (C=O) groups excluding carboxylic acids is 1. The van der Waals surface area contributed by atoms with E-state index >= 15 is 0 Å². The quantitative estimate of drug-likeness (QED) is 0.676. The standard InChI is InChI=1S/C20H24N4O2/c1-12-8-13(2)11-23(10-12)20(26)16-9-15-18(22(16)4)21-17-14(3)6-5-7-24(17)19(15)25/h5-7,9,12-13H,8,10-11H2,1-4H3/t12-,13+. The molecule has 3 aromatic rings. The normalized spacial score (nSPS) is 20.8. The lowest BCUT2D eigenvalue weighted by Crippen LogP contribution is -2.43. The number of pyridine rings is 1. The maximum Gasteiger partial charge on any atom is 0.270 e. The van der Waals surface area contributed by atoms with Gasteiger partial charge < -0.3 is 9.47 Å². The van der Waals surface area contributed by atoms with E-state index in [1.54, 1.807) is 21.2 Å². The molecular weight excluding hydrogens is 328 g/mol. The molecule has 2 atom stereocenters. The Morgan fingerprint density at radius 3 is 2.58 bits per heavy atom. The van der Waals surface area contributed by atoms with Gasteiger partial charge in [0.15, 0.2) is 0 Å². The molecule has 0 aromatic carbocycles. The lowest BCUT2D eigenvalue weighted by Gasteiger charge is -2.35. The maximum atomic E-state index is 13.1. The second-order valence-electron chi connectivity index (χ2n) is 7.78. The zero-order valence-corrected chi connectivity index (χ0v) is 15.7. The summed E-state index contributed by atoms with van der Waals surface area (Å²) in [6.07, 6.45) is 2.87. The number of nitrogens with zero attached hydrogens (tertiary/aromatic N) is 4. The first-order valence-corrected chi connectivity index (χ1v) is 9.13.